The summed E-state index contributed by atoms with van der Waals surface area (Å²) in [5.74, 6) is 0. The zero-order chi connectivity index (χ0) is 17.3. The molecule has 3 aliphatic rings. The second kappa shape index (κ2) is 7.49. The van der Waals surface area contributed by atoms with Crippen molar-refractivity contribution in [2.75, 3.05) is 0 Å². The van der Waals surface area contributed by atoms with E-state index in [9.17, 15) is 0 Å². The summed E-state index contributed by atoms with van der Waals surface area (Å²) in [4.78, 5) is 0. The van der Waals surface area contributed by atoms with Crippen LogP contribution in [0.3, 0.4) is 0 Å². The topological polar surface area (TPSA) is 19.7 Å². The molecule has 0 aromatic heterocycles. The zero-order valence-electron chi connectivity index (χ0n) is 14.6. The minimum Gasteiger partial charge on any atom is -0.450 e. The van der Waals surface area contributed by atoms with E-state index in [-0.39, 0.29) is 21.1 Å². The largest absolute Gasteiger partial charge is 4.00 e. The van der Waals surface area contributed by atoms with Crippen molar-refractivity contribution in [3.05, 3.63) is 109 Å². The van der Waals surface area contributed by atoms with E-state index in [0.717, 1.165) is 24.5 Å². The molecule has 0 N–H and O–H groups in total. The van der Waals surface area contributed by atoms with Gasteiger partial charge in [0.25, 0.3) is 0 Å². The average Bonchev–Trinajstić information content (AvgIpc) is 3.26. The molecule has 0 bridgehead atoms. The average molecular weight is 533 g/mol. The molecule has 0 saturated carbocycles. The fourth-order valence-electron chi connectivity index (χ4n) is 3.33. The van der Waals surface area contributed by atoms with E-state index < -0.39 is 0 Å². The molecule has 0 atom stereocenters. The summed E-state index contributed by atoms with van der Waals surface area (Å²) in [6.45, 7) is 1.62. The predicted molar refractivity (Wildman–Crippen MR) is 101 cm³/mol. The van der Waals surface area contributed by atoms with Crippen LogP contribution in [-0.4, -0.2) is 18.5 Å². The smallest absolute Gasteiger partial charge is 0.450 e. The summed E-state index contributed by atoms with van der Waals surface area (Å²) in [6, 6.07) is 27.1. The molecular weight excluding hydrogens is 515 g/mol. The number of imidazole rings is 2. The summed E-state index contributed by atoms with van der Waals surface area (Å²) in [5.41, 5.74) is 4.66. The summed E-state index contributed by atoms with van der Waals surface area (Å²) < 4.78 is 8.72. The number of hydrogen-bond donors (Lipinski definition) is 0. The summed E-state index contributed by atoms with van der Waals surface area (Å²) in [5, 5.41) is 0. The van der Waals surface area contributed by atoms with E-state index in [0.29, 0.717) is 0 Å². The van der Waals surface area contributed by atoms with Crippen LogP contribution in [0.25, 0.3) is 11.4 Å². The van der Waals surface area contributed by atoms with Gasteiger partial charge in [0.05, 0.1) is 0 Å². The quantitative estimate of drug-likeness (QED) is 0.312. The van der Waals surface area contributed by atoms with Gasteiger partial charge in [-0.1, -0.05) is 11.4 Å². The Morgan fingerprint density at radius 1 is 0.667 bits per heavy atom. The predicted octanol–water partition coefficient (Wildman–Crippen LogP) is 4.00. The molecule has 0 radical (unpaired) electrons. The molecule has 2 aromatic rings. The molecule has 0 amide bonds. The molecule has 27 heavy (non-hydrogen) atoms. The molecule has 0 aliphatic carbocycles. The first-order valence-electron chi connectivity index (χ1n) is 8.68. The van der Waals surface area contributed by atoms with Gasteiger partial charge in [-0.15, -0.1) is 35.7 Å². The van der Waals surface area contributed by atoms with E-state index in [2.05, 4.69) is 92.1 Å². The van der Waals surface area contributed by atoms with Crippen molar-refractivity contribution in [3.63, 3.8) is 0 Å². The van der Waals surface area contributed by atoms with Crippen molar-refractivity contribution < 1.29 is 21.1 Å². The van der Waals surface area contributed by atoms with Crippen LogP contribution in [0, 0.1) is 12.1 Å². The number of benzene rings is 2. The van der Waals surface area contributed by atoms with E-state index in [1.54, 1.807) is 0 Å². The van der Waals surface area contributed by atoms with Crippen LogP contribution < -0.4 is 0 Å². The Morgan fingerprint density at radius 3 is 1.56 bits per heavy atom. The summed E-state index contributed by atoms with van der Waals surface area (Å²) in [6.07, 6.45) is 8.58. The first kappa shape index (κ1) is 17.7. The normalized spacial score (nSPS) is 11.0. The first-order chi connectivity index (χ1) is 12.8. The number of rotatable bonds is 4. The molecule has 0 unspecified atom stereocenters. The van der Waals surface area contributed by atoms with Gasteiger partial charge in [0.1, 0.15) is 0 Å². The van der Waals surface area contributed by atoms with Crippen molar-refractivity contribution in [1.82, 2.24) is 18.5 Å². The van der Waals surface area contributed by atoms with Crippen molar-refractivity contribution >= 4 is 0 Å². The van der Waals surface area contributed by atoms with Crippen LogP contribution in [-0.2, 0) is 34.2 Å². The monoisotopic (exact) mass is 533 g/mol. The molecule has 136 valence electrons. The SMILES string of the molecule is [Pt+4].[c-]1ccccc1Cn1cc2ccc3cn(Cc4[c-]cccc4)[cH-]n-3n-2[cH-]1. The molecule has 5 rings (SSSR count). The fraction of sp³-hybridized carbons (Fsp3) is 0.0909. The Kier molecular flexibility index (Phi) is 4.91. The van der Waals surface area contributed by atoms with Crippen LogP contribution in [0.1, 0.15) is 11.1 Å². The third-order valence-corrected chi connectivity index (χ3v) is 4.55. The summed E-state index contributed by atoms with van der Waals surface area (Å²) in [7, 11) is 0. The second-order valence-corrected chi connectivity index (χ2v) is 6.48. The van der Waals surface area contributed by atoms with Crippen molar-refractivity contribution in [2.24, 2.45) is 0 Å². The molecule has 3 aliphatic heterocycles. The van der Waals surface area contributed by atoms with Gasteiger partial charge < -0.3 is 18.5 Å². The maximum absolute atomic E-state index is 3.29. The van der Waals surface area contributed by atoms with Gasteiger partial charge in [-0.2, -0.15) is 60.7 Å². The standard InChI is InChI=1S/C22H18N4.Pt/c1-3-7-19(8-4-1)13-23-15-21-11-12-22-16-24(18-26(22)25(21)17-23)14-20-9-5-2-6-10-20;/h1-7,9,11-12,15-18H,13-14H2;/q-4;+4. The minimum absolute atomic E-state index is 0. The molecule has 3 heterocycles. The van der Waals surface area contributed by atoms with Gasteiger partial charge in [-0.3, -0.25) is 0 Å². The number of aromatic nitrogens is 4. The Labute approximate surface area is 172 Å². The third kappa shape index (κ3) is 3.58. The first-order valence-corrected chi connectivity index (χ1v) is 8.68. The Balaban J connectivity index is 0.00000180. The Bertz CT molecular complexity index is 994. The molecule has 4 nitrogen and oxygen atoms in total. The van der Waals surface area contributed by atoms with Crippen molar-refractivity contribution in [3.8, 4) is 11.4 Å². The van der Waals surface area contributed by atoms with Gasteiger partial charge >= 0.3 is 21.1 Å². The molecule has 0 spiro atoms. The van der Waals surface area contributed by atoms with Crippen LogP contribution in [0.5, 0.6) is 0 Å². The van der Waals surface area contributed by atoms with Gasteiger partial charge in [0.2, 0.25) is 0 Å². The second-order valence-electron chi connectivity index (χ2n) is 6.48. The van der Waals surface area contributed by atoms with Crippen molar-refractivity contribution in [2.45, 2.75) is 13.1 Å². The molecule has 0 fully saturated rings. The zero-order valence-corrected chi connectivity index (χ0v) is 16.9. The van der Waals surface area contributed by atoms with Crippen LogP contribution in [0.2, 0.25) is 0 Å². The number of hydrogen-bond acceptors (Lipinski definition) is 0. The van der Waals surface area contributed by atoms with Gasteiger partial charge in [0, 0.05) is 13.1 Å². The minimum atomic E-state index is 0. The van der Waals surface area contributed by atoms with Crippen molar-refractivity contribution in [1.29, 1.82) is 0 Å². The van der Waals surface area contributed by atoms with Crippen LogP contribution in [0.4, 0.5) is 0 Å². The van der Waals surface area contributed by atoms with Crippen LogP contribution >= 0.6 is 0 Å². The molecule has 5 heteroatoms. The van der Waals surface area contributed by atoms with Gasteiger partial charge in [0.15, 0.2) is 0 Å². The van der Waals surface area contributed by atoms with Crippen LogP contribution in [0.15, 0.2) is 85.7 Å². The number of nitrogens with zero attached hydrogens (tertiary/aromatic N) is 4. The van der Waals surface area contributed by atoms with E-state index in [1.807, 2.05) is 24.3 Å². The Morgan fingerprint density at radius 2 is 1.15 bits per heavy atom. The van der Waals surface area contributed by atoms with Gasteiger partial charge in [-0.25, -0.2) is 0 Å². The third-order valence-electron chi connectivity index (χ3n) is 4.55. The fourth-order valence-corrected chi connectivity index (χ4v) is 3.33. The maximum atomic E-state index is 3.29. The summed E-state index contributed by atoms with van der Waals surface area (Å²) >= 11 is 0. The van der Waals surface area contributed by atoms with E-state index >= 15 is 0 Å². The number of fused-ring (bicyclic) bond motifs is 3. The van der Waals surface area contributed by atoms with E-state index in [4.69, 9.17) is 0 Å². The van der Waals surface area contributed by atoms with Gasteiger partial charge in [-0.05, 0) is 12.7 Å². The maximum Gasteiger partial charge on any atom is 4.00 e. The molecule has 0 saturated heterocycles. The molecular formula is C22H18N4Pt. The molecule has 2 aromatic carbocycles. The van der Waals surface area contributed by atoms with E-state index in [1.165, 1.54) is 11.1 Å². The Hall–Kier alpha value is -2.71.